The van der Waals surface area contributed by atoms with Crippen molar-refractivity contribution in [3.05, 3.63) is 23.8 Å². The molecule has 3 atom stereocenters. The van der Waals surface area contributed by atoms with Gasteiger partial charge in [0.1, 0.15) is 11.5 Å². The number of aliphatic carboxylic acids is 1. The number of benzene rings is 1. The number of carboxylic acid groups (broad SMARTS) is 1. The molecule has 1 aromatic rings. The summed E-state index contributed by atoms with van der Waals surface area (Å²) in [5, 5.41) is 20.7. The highest BCUT2D eigenvalue weighted by Gasteiger charge is 2.48. The molecule has 0 spiro atoms. The minimum Gasteiger partial charge on any atom is -0.543 e. The summed E-state index contributed by atoms with van der Waals surface area (Å²) in [5.41, 5.74) is -0.532. The SMILES string of the molecule is CCC1CC(c2ccc(O[Si](C)(C)C(C)(C)C)cc2O[Si](C)(C)C(C)(C)C)CCC1(O)C(=O)O. The second kappa shape index (κ2) is 9.62. The van der Waals surface area contributed by atoms with E-state index in [1.807, 2.05) is 13.0 Å². The maximum Gasteiger partial charge on any atom is 0.335 e. The predicted octanol–water partition coefficient (Wildman–Crippen LogP) is 7.56. The highest BCUT2D eigenvalue weighted by molar-refractivity contribution is 6.75. The van der Waals surface area contributed by atoms with Crippen LogP contribution >= 0.6 is 0 Å². The number of hydrogen-bond donors (Lipinski definition) is 2. The molecule has 0 aliphatic heterocycles. The van der Waals surface area contributed by atoms with Gasteiger partial charge in [0.15, 0.2) is 5.60 Å². The first-order valence-electron chi connectivity index (χ1n) is 12.7. The lowest BCUT2D eigenvalue weighted by atomic mass is 9.68. The molecular weight excluding hydrogens is 460 g/mol. The Morgan fingerprint density at radius 3 is 2.03 bits per heavy atom. The van der Waals surface area contributed by atoms with Crippen molar-refractivity contribution in [3.63, 3.8) is 0 Å². The maximum atomic E-state index is 11.8. The third-order valence-corrected chi connectivity index (χ3v) is 17.5. The quantitative estimate of drug-likeness (QED) is 0.372. The average molecular weight is 509 g/mol. The number of carboxylic acids is 1. The lowest BCUT2D eigenvalue weighted by molar-refractivity contribution is -0.170. The molecule has 0 radical (unpaired) electrons. The molecule has 0 aromatic heterocycles. The Kier molecular flexibility index (Phi) is 8.18. The van der Waals surface area contributed by atoms with Gasteiger partial charge in [0.05, 0.1) is 0 Å². The van der Waals surface area contributed by atoms with Gasteiger partial charge in [-0.05, 0) is 85.4 Å². The lowest BCUT2D eigenvalue weighted by Crippen LogP contribution is -2.49. The first-order chi connectivity index (χ1) is 15.2. The van der Waals surface area contributed by atoms with Crippen LogP contribution in [-0.2, 0) is 4.79 Å². The summed E-state index contributed by atoms with van der Waals surface area (Å²) in [6, 6.07) is 6.23. The van der Waals surface area contributed by atoms with Crippen LogP contribution in [0.2, 0.25) is 36.3 Å². The number of rotatable bonds is 7. The molecule has 1 aromatic carbocycles. The monoisotopic (exact) mass is 508 g/mol. The highest BCUT2D eigenvalue weighted by atomic mass is 28.4. The fourth-order valence-corrected chi connectivity index (χ4v) is 6.26. The zero-order valence-electron chi connectivity index (χ0n) is 23.3. The summed E-state index contributed by atoms with van der Waals surface area (Å²) in [5.74, 6) is 0.463. The summed E-state index contributed by atoms with van der Waals surface area (Å²) in [7, 11) is -4.13. The standard InChI is InChI=1S/C27H48O5Si2/c1-12-20-17-19(15-16-27(20,30)24(28)29)22-14-13-21(31-33(8,9)25(2,3)4)18-23(22)32-34(10,11)26(5,6)7/h13-14,18-20,30H,12,15-17H2,1-11H3,(H,28,29). The first-order valence-corrected chi connectivity index (χ1v) is 18.5. The Labute approximate surface area is 209 Å². The van der Waals surface area contributed by atoms with Gasteiger partial charge in [-0.3, -0.25) is 0 Å². The van der Waals surface area contributed by atoms with Crippen molar-refractivity contribution < 1.29 is 23.9 Å². The Balaban J connectivity index is 2.50. The second-order valence-electron chi connectivity index (χ2n) is 13.2. The van der Waals surface area contributed by atoms with Gasteiger partial charge in [0.2, 0.25) is 16.6 Å². The zero-order chi connectivity index (χ0) is 26.3. The second-order valence-corrected chi connectivity index (χ2v) is 22.7. The van der Waals surface area contributed by atoms with E-state index >= 15 is 0 Å². The van der Waals surface area contributed by atoms with Crippen molar-refractivity contribution in [3.8, 4) is 11.5 Å². The molecule has 0 amide bonds. The van der Waals surface area contributed by atoms with Gasteiger partial charge in [0.25, 0.3) is 0 Å². The third kappa shape index (κ3) is 5.90. The predicted molar refractivity (Wildman–Crippen MR) is 145 cm³/mol. The molecule has 1 aliphatic carbocycles. The largest absolute Gasteiger partial charge is 0.543 e. The van der Waals surface area contributed by atoms with Crippen molar-refractivity contribution in [1.82, 2.24) is 0 Å². The van der Waals surface area contributed by atoms with Gasteiger partial charge in [-0.1, -0.05) is 54.5 Å². The van der Waals surface area contributed by atoms with Crippen LogP contribution in [0.5, 0.6) is 11.5 Å². The zero-order valence-corrected chi connectivity index (χ0v) is 25.3. The molecule has 1 fully saturated rings. The molecule has 0 bridgehead atoms. The summed E-state index contributed by atoms with van der Waals surface area (Å²) >= 11 is 0. The normalized spacial score (nSPS) is 24.6. The third-order valence-electron chi connectivity index (χ3n) is 8.76. The number of aliphatic hydroxyl groups is 1. The summed E-state index contributed by atoms with van der Waals surface area (Å²) in [6.07, 6.45) is 2.14. The molecule has 0 saturated heterocycles. The number of carbonyl (C=O) groups is 1. The summed E-state index contributed by atoms with van der Waals surface area (Å²) in [4.78, 5) is 11.8. The topological polar surface area (TPSA) is 76.0 Å². The van der Waals surface area contributed by atoms with Crippen LogP contribution in [0.1, 0.15) is 85.6 Å². The van der Waals surface area contributed by atoms with E-state index in [2.05, 4.69) is 79.9 Å². The molecule has 34 heavy (non-hydrogen) atoms. The van der Waals surface area contributed by atoms with Gasteiger partial charge in [-0.2, -0.15) is 0 Å². The van der Waals surface area contributed by atoms with Crippen LogP contribution in [0.3, 0.4) is 0 Å². The van der Waals surface area contributed by atoms with Gasteiger partial charge < -0.3 is 19.1 Å². The van der Waals surface area contributed by atoms with E-state index in [4.69, 9.17) is 8.85 Å². The van der Waals surface area contributed by atoms with Crippen LogP contribution < -0.4 is 8.85 Å². The van der Waals surface area contributed by atoms with Crippen molar-refractivity contribution in [2.24, 2.45) is 5.92 Å². The van der Waals surface area contributed by atoms with Crippen molar-refractivity contribution in [2.75, 3.05) is 0 Å². The molecule has 0 heterocycles. The lowest BCUT2D eigenvalue weighted by Gasteiger charge is -2.42. The molecule has 5 nitrogen and oxygen atoms in total. The Hall–Kier alpha value is -1.32. The maximum absolute atomic E-state index is 11.8. The van der Waals surface area contributed by atoms with Crippen molar-refractivity contribution >= 4 is 22.6 Å². The summed E-state index contributed by atoms with van der Waals surface area (Å²) < 4.78 is 13.5. The van der Waals surface area contributed by atoms with Gasteiger partial charge >= 0.3 is 5.97 Å². The molecule has 7 heteroatoms. The fourth-order valence-electron chi connectivity index (χ4n) is 4.20. The summed E-state index contributed by atoms with van der Waals surface area (Å²) in [6.45, 7) is 24.3. The van der Waals surface area contributed by atoms with Gasteiger partial charge in [-0.25, -0.2) is 4.79 Å². The van der Waals surface area contributed by atoms with Crippen LogP contribution in [0.15, 0.2) is 18.2 Å². The minimum absolute atomic E-state index is 0.0443. The highest BCUT2D eigenvalue weighted by Crippen LogP contribution is 2.48. The van der Waals surface area contributed by atoms with Crippen LogP contribution in [0.25, 0.3) is 0 Å². The van der Waals surface area contributed by atoms with Gasteiger partial charge in [-0.15, -0.1) is 0 Å². The van der Waals surface area contributed by atoms with E-state index in [1.54, 1.807) is 0 Å². The van der Waals surface area contributed by atoms with E-state index in [0.29, 0.717) is 19.3 Å². The average Bonchev–Trinajstić information content (AvgIpc) is 2.66. The van der Waals surface area contributed by atoms with Crippen LogP contribution in [-0.4, -0.2) is 38.4 Å². The molecule has 2 rings (SSSR count). The smallest absolute Gasteiger partial charge is 0.335 e. The molecule has 194 valence electrons. The van der Waals surface area contributed by atoms with E-state index < -0.39 is 28.2 Å². The van der Waals surface area contributed by atoms with E-state index in [0.717, 1.165) is 17.1 Å². The minimum atomic E-state index is -2.12. The molecular formula is C27H48O5Si2. The van der Waals surface area contributed by atoms with Crippen molar-refractivity contribution in [1.29, 1.82) is 0 Å². The van der Waals surface area contributed by atoms with Crippen LogP contribution in [0.4, 0.5) is 0 Å². The number of hydrogen-bond acceptors (Lipinski definition) is 4. The molecule has 1 aliphatic rings. The molecule has 2 N–H and O–H groups in total. The first kappa shape index (κ1) is 28.9. The Morgan fingerprint density at radius 2 is 1.56 bits per heavy atom. The van der Waals surface area contributed by atoms with Crippen molar-refractivity contribution in [2.45, 2.75) is 122 Å². The van der Waals surface area contributed by atoms with E-state index in [1.165, 1.54) is 0 Å². The Morgan fingerprint density at radius 1 is 1.03 bits per heavy atom. The Bertz CT molecular complexity index is 882. The molecule has 3 unspecified atom stereocenters. The van der Waals surface area contributed by atoms with Crippen LogP contribution in [0, 0.1) is 5.92 Å². The van der Waals surface area contributed by atoms with E-state index in [9.17, 15) is 15.0 Å². The fraction of sp³-hybridized carbons (Fsp3) is 0.741. The molecule has 1 saturated carbocycles. The van der Waals surface area contributed by atoms with Gasteiger partial charge in [0, 0.05) is 6.07 Å². The van der Waals surface area contributed by atoms with E-state index in [-0.39, 0.29) is 28.3 Å².